The molecule has 2 aromatic carbocycles. The normalized spacial score (nSPS) is 16.2. The Kier molecular flexibility index (Phi) is 5.71. The van der Waals surface area contributed by atoms with Gasteiger partial charge in [0.05, 0.1) is 10.6 Å². The third-order valence-corrected chi connectivity index (χ3v) is 6.53. The first-order valence-electron chi connectivity index (χ1n) is 8.36. The highest BCUT2D eigenvalue weighted by Crippen LogP contribution is 2.27. The highest BCUT2D eigenvalue weighted by atomic mass is 35.5. The van der Waals surface area contributed by atoms with E-state index >= 15 is 0 Å². The molecular weight excluding hydrogens is 390 g/mol. The van der Waals surface area contributed by atoms with Crippen molar-refractivity contribution in [2.75, 3.05) is 38.5 Å². The van der Waals surface area contributed by atoms with E-state index in [1.54, 1.807) is 0 Å². The van der Waals surface area contributed by atoms with Crippen LogP contribution in [0, 0.1) is 0 Å². The van der Waals surface area contributed by atoms with Crippen LogP contribution in [-0.4, -0.2) is 61.9 Å². The zero-order valence-electron chi connectivity index (χ0n) is 14.7. The molecule has 3 rings (SSSR count). The van der Waals surface area contributed by atoms with Gasteiger partial charge < -0.3 is 15.3 Å². The van der Waals surface area contributed by atoms with Crippen molar-refractivity contribution in [2.24, 2.45) is 0 Å². The number of likely N-dealkylation sites (N-methyl/N-ethyl adjacent to an activating group) is 1. The van der Waals surface area contributed by atoms with Crippen molar-refractivity contribution in [3.8, 4) is 5.75 Å². The molecule has 2 aromatic rings. The maximum absolute atomic E-state index is 12.8. The second-order valence-electron chi connectivity index (χ2n) is 6.35. The van der Waals surface area contributed by atoms with Crippen molar-refractivity contribution in [3.63, 3.8) is 0 Å². The third-order valence-electron chi connectivity index (χ3n) is 4.40. The lowest BCUT2D eigenvalue weighted by Gasteiger charge is -2.31. The van der Waals surface area contributed by atoms with E-state index in [9.17, 15) is 18.3 Å². The number of hydrogen-bond acceptors (Lipinski definition) is 5. The second kappa shape index (κ2) is 7.85. The molecule has 1 heterocycles. The Morgan fingerprint density at radius 3 is 2.52 bits per heavy atom. The first-order chi connectivity index (χ1) is 12.8. The fraction of sp³-hybridized carbons (Fsp3) is 0.278. The zero-order chi connectivity index (χ0) is 19.6. The Bertz CT molecular complexity index is 957. The largest absolute Gasteiger partial charge is 0.506 e. The number of nitrogens with one attached hydrogen (secondary N) is 1. The number of carbonyl (C=O) groups is 1. The number of piperazine rings is 1. The highest BCUT2D eigenvalue weighted by Gasteiger charge is 2.28. The number of phenols is 1. The van der Waals surface area contributed by atoms with Gasteiger partial charge in [0.1, 0.15) is 5.75 Å². The molecule has 0 aromatic heterocycles. The van der Waals surface area contributed by atoms with Crippen molar-refractivity contribution in [3.05, 3.63) is 53.1 Å². The number of anilines is 1. The summed E-state index contributed by atoms with van der Waals surface area (Å²) in [6.45, 7) is 2.14. The van der Waals surface area contributed by atoms with E-state index in [-0.39, 0.29) is 21.9 Å². The average molecular weight is 410 g/mol. The molecule has 0 atom stereocenters. The summed E-state index contributed by atoms with van der Waals surface area (Å²) in [7, 11) is -1.73. The molecule has 2 N–H and O–H groups in total. The first kappa shape index (κ1) is 19.6. The Balaban J connectivity index is 1.82. The van der Waals surface area contributed by atoms with Crippen LogP contribution in [0.2, 0.25) is 5.02 Å². The molecule has 1 aliphatic heterocycles. The lowest BCUT2D eigenvalue weighted by molar-refractivity contribution is 0.102. The van der Waals surface area contributed by atoms with E-state index in [4.69, 9.17) is 11.6 Å². The van der Waals surface area contributed by atoms with E-state index in [1.807, 2.05) is 7.05 Å². The number of phenolic OH excluding ortho intramolecular Hbond substituents is 1. The van der Waals surface area contributed by atoms with Gasteiger partial charge in [0.2, 0.25) is 10.0 Å². The number of nitrogens with zero attached hydrogens (tertiary/aromatic N) is 2. The predicted molar refractivity (Wildman–Crippen MR) is 104 cm³/mol. The van der Waals surface area contributed by atoms with Gasteiger partial charge in [-0.2, -0.15) is 4.31 Å². The van der Waals surface area contributed by atoms with E-state index in [0.717, 1.165) is 0 Å². The van der Waals surface area contributed by atoms with Crippen molar-refractivity contribution < 1.29 is 18.3 Å². The number of benzene rings is 2. The summed E-state index contributed by atoms with van der Waals surface area (Å²) >= 11 is 5.88. The SMILES string of the molecule is CN1CCN(S(=O)(=O)c2cccc(C(=O)Nc3cc(Cl)ccc3O)c2)CC1. The molecule has 0 bridgehead atoms. The van der Waals surface area contributed by atoms with E-state index in [0.29, 0.717) is 31.2 Å². The standard InChI is InChI=1S/C18H20ClN3O4S/c1-21-7-9-22(10-8-21)27(25,26)15-4-2-3-13(11-15)18(24)20-16-12-14(19)5-6-17(16)23/h2-6,11-12,23H,7-10H2,1H3,(H,20,24). The number of amides is 1. The molecule has 0 radical (unpaired) electrons. The minimum absolute atomic E-state index is 0.0648. The molecule has 1 amide bonds. The van der Waals surface area contributed by atoms with E-state index in [1.165, 1.54) is 46.8 Å². The zero-order valence-corrected chi connectivity index (χ0v) is 16.3. The predicted octanol–water partition coefficient (Wildman–Crippen LogP) is 2.23. The van der Waals surface area contributed by atoms with E-state index in [2.05, 4.69) is 10.2 Å². The monoisotopic (exact) mass is 409 g/mol. The van der Waals surface area contributed by atoms with Crippen molar-refractivity contribution in [2.45, 2.75) is 4.90 Å². The van der Waals surface area contributed by atoms with Gasteiger partial charge in [-0.1, -0.05) is 17.7 Å². The smallest absolute Gasteiger partial charge is 0.255 e. The molecule has 1 fully saturated rings. The van der Waals surface area contributed by atoms with Gasteiger partial charge in [0.15, 0.2) is 0 Å². The summed E-state index contributed by atoms with van der Waals surface area (Å²) in [4.78, 5) is 14.6. The molecule has 27 heavy (non-hydrogen) atoms. The van der Waals surface area contributed by atoms with Crippen LogP contribution in [0.1, 0.15) is 10.4 Å². The maximum atomic E-state index is 12.8. The first-order valence-corrected chi connectivity index (χ1v) is 10.2. The fourth-order valence-corrected chi connectivity index (χ4v) is 4.42. The summed E-state index contributed by atoms with van der Waals surface area (Å²) in [5.41, 5.74) is 0.324. The summed E-state index contributed by atoms with van der Waals surface area (Å²) in [6, 6.07) is 10.1. The molecule has 0 saturated carbocycles. The van der Waals surface area contributed by atoms with Crippen LogP contribution >= 0.6 is 11.6 Å². The molecule has 1 saturated heterocycles. The summed E-state index contributed by atoms with van der Waals surface area (Å²) in [5, 5.41) is 12.7. The number of rotatable bonds is 4. The van der Waals surface area contributed by atoms with Crippen LogP contribution in [0.25, 0.3) is 0 Å². The van der Waals surface area contributed by atoms with Crippen molar-refractivity contribution in [1.82, 2.24) is 9.21 Å². The van der Waals surface area contributed by atoms with Crippen molar-refractivity contribution in [1.29, 1.82) is 0 Å². The van der Waals surface area contributed by atoms with Crippen LogP contribution in [0.15, 0.2) is 47.4 Å². The third kappa shape index (κ3) is 4.41. The van der Waals surface area contributed by atoms with Crippen LogP contribution in [0.5, 0.6) is 5.75 Å². The summed E-state index contributed by atoms with van der Waals surface area (Å²) < 4.78 is 27.1. The Hall–Kier alpha value is -2.13. The number of halogens is 1. The van der Waals surface area contributed by atoms with Gasteiger partial charge in [-0.15, -0.1) is 0 Å². The van der Waals surface area contributed by atoms with Crippen molar-refractivity contribution >= 4 is 33.2 Å². The number of sulfonamides is 1. The number of hydrogen-bond donors (Lipinski definition) is 2. The quantitative estimate of drug-likeness (QED) is 0.756. The molecule has 0 aliphatic carbocycles. The Morgan fingerprint density at radius 2 is 1.81 bits per heavy atom. The minimum atomic E-state index is -3.67. The lowest BCUT2D eigenvalue weighted by atomic mass is 10.2. The van der Waals surface area contributed by atoms with Crippen LogP contribution in [0.4, 0.5) is 5.69 Å². The Labute approximate surface area is 163 Å². The van der Waals surface area contributed by atoms with Gasteiger partial charge in [0.25, 0.3) is 5.91 Å². The molecule has 7 nitrogen and oxygen atoms in total. The molecule has 9 heteroatoms. The van der Waals surface area contributed by atoms with Crippen LogP contribution in [-0.2, 0) is 10.0 Å². The molecule has 144 valence electrons. The average Bonchev–Trinajstić information content (AvgIpc) is 2.65. The van der Waals surface area contributed by atoms with Gasteiger partial charge in [-0.25, -0.2) is 8.42 Å². The molecule has 0 spiro atoms. The number of aromatic hydroxyl groups is 1. The molecule has 1 aliphatic rings. The summed E-state index contributed by atoms with van der Waals surface area (Å²) in [5.74, 6) is -0.669. The van der Waals surface area contributed by atoms with Crippen LogP contribution < -0.4 is 5.32 Å². The number of carbonyl (C=O) groups excluding carboxylic acids is 1. The second-order valence-corrected chi connectivity index (χ2v) is 8.73. The lowest BCUT2D eigenvalue weighted by Crippen LogP contribution is -2.47. The van der Waals surface area contributed by atoms with E-state index < -0.39 is 15.9 Å². The molecular formula is C18H20ClN3O4S. The van der Waals surface area contributed by atoms with Gasteiger partial charge in [-0.3, -0.25) is 4.79 Å². The van der Waals surface area contributed by atoms with Crippen LogP contribution in [0.3, 0.4) is 0 Å². The Morgan fingerprint density at radius 1 is 1.11 bits per heavy atom. The fourth-order valence-electron chi connectivity index (χ4n) is 2.78. The van der Waals surface area contributed by atoms with Gasteiger partial charge in [0, 0.05) is 36.8 Å². The summed E-state index contributed by atoms with van der Waals surface area (Å²) in [6.07, 6.45) is 0. The topological polar surface area (TPSA) is 90.0 Å². The minimum Gasteiger partial charge on any atom is -0.506 e. The molecule has 0 unspecified atom stereocenters. The highest BCUT2D eigenvalue weighted by molar-refractivity contribution is 7.89. The van der Waals surface area contributed by atoms with Gasteiger partial charge in [-0.05, 0) is 43.4 Å². The van der Waals surface area contributed by atoms with Gasteiger partial charge >= 0.3 is 0 Å². The maximum Gasteiger partial charge on any atom is 0.255 e.